The molecular weight excluding hydrogens is 228 g/mol. The zero-order chi connectivity index (χ0) is 14.0. The Bertz CT molecular complexity index is 253. The highest BCUT2D eigenvalue weighted by atomic mass is 16.5. The van der Waals surface area contributed by atoms with Crippen LogP contribution in [0.25, 0.3) is 0 Å². The molecule has 1 atom stereocenters. The van der Waals surface area contributed by atoms with E-state index in [1.54, 1.807) is 7.11 Å². The first-order chi connectivity index (χ1) is 8.16. The molecule has 1 rings (SSSR count). The number of hydrogen-bond donors (Lipinski definition) is 1. The van der Waals surface area contributed by atoms with Gasteiger partial charge in [0.05, 0.1) is 11.7 Å². The molecule has 4 nitrogen and oxygen atoms in total. The van der Waals surface area contributed by atoms with Crippen LogP contribution in [0.5, 0.6) is 0 Å². The topological polar surface area (TPSA) is 35.9 Å². The Labute approximate surface area is 112 Å². The minimum atomic E-state index is -0.471. The molecule has 1 fully saturated rings. The van der Waals surface area contributed by atoms with Gasteiger partial charge in [0, 0.05) is 45.4 Å². The molecule has 1 N–H and O–H groups in total. The summed E-state index contributed by atoms with van der Waals surface area (Å²) < 4.78 is 5.33. The molecule has 0 aromatic carbocycles. The minimum Gasteiger partial charge on any atom is -0.389 e. The third-order valence-corrected chi connectivity index (χ3v) is 4.08. The Morgan fingerprint density at radius 1 is 1.06 bits per heavy atom. The number of aliphatic hydroxyl groups is 1. The van der Waals surface area contributed by atoms with Gasteiger partial charge in [0.15, 0.2) is 0 Å². The first-order valence-corrected chi connectivity index (χ1v) is 6.87. The van der Waals surface area contributed by atoms with E-state index in [-0.39, 0.29) is 5.54 Å². The molecule has 0 aromatic heterocycles. The smallest absolute Gasteiger partial charge is 0.0950 e. The first kappa shape index (κ1) is 15.9. The highest BCUT2D eigenvalue weighted by Crippen LogP contribution is 2.18. The lowest BCUT2D eigenvalue weighted by molar-refractivity contribution is -0.0919. The summed E-state index contributed by atoms with van der Waals surface area (Å²) in [6.07, 6.45) is -0.441. The van der Waals surface area contributed by atoms with Crippen LogP contribution in [-0.2, 0) is 4.74 Å². The predicted octanol–water partition coefficient (Wildman–Crippen LogP) is 1.19. The van der Waals surface area contributed by atoms with Crippen molar-refractivity contribution in [3.05, 3.63) is 0 Å². The fraction of sp³-hybridized carbons (Fsp3) is 1.00. The summed E-state index contributed by atoms with van der Waals surface area (Å²) in [6, 6.07) is 0. The first-order valence-electron chi connectivity index (χ1n) is 6.87. The summed E-state index contributed by atoms with van der Waals surface area (Å²) in [5.74, 6) is 0. The van der Waals surface area contributed by atoms with Crippen molar-refractivity contribution in [2.75, 3.05) is 39.8 Å². The van der Waals surface area contributed by atoms with Crippen molar-refractivity contribution < 1.29 is 9.84 Å². The van der Waals surface area contributed by atoms with Gasteiger partial charge < -0.3 is 9.84 Å². The molecule has 1 unspecified atom stereocenters. The standard InChI is InChI=1S/C14H30N2O2/c1-13(2,3)16-9-7-15(8-10-16)11-12(17)14(4,5)18-6/h12,17H,7-11H2,1-6H3. The van der Waals surface area contributed by atoms with E-state index in [2.05, 4.69) is 30.6 Å². The van der Waals surface area contributed by atoms with E-state index in [9.17, 15) is 5.11 Å². The van der Waals surface area contributed by atoms with Gasteiger partial charge in [0.25, 0.3) is 0 Å². The number of nitrogens with zero attached hydrogens (tertiary/aromatic N) is 2. The van der Waals surface area contributed by atoms with Crippen LogP contribution >= 0.6 is 0 Å². The maximum absolute atomic E-state index is 10.2. The summed E-state index contributed by atoms with van der Waals surface area (Å²) in [5.41, 5.74) is -0.225. The van der Waals surface area contributed by atoms with Crippen molar-refractivity contribution in [1.82, 2.24) is 9.80 Å². The second-order valence-electron chi connectivity index (χ2n) is 6.78. The largest absolute Gasteiger partial charge is 0.389 e. The van der Waals surface area contributed by atoms with Gasteiger partial charge in [-0.2, -0.15) is 0 Å². The van der Waals surface area contributed by atoms with Gasteiger partial charge in [0.2, 0.25) is 0 Å². The van der Waals surface area contributed by atoms with Crippen molar-refractivity contribution in [3.63, 3.8) is 0 Å². The van der Waals surface area contributed by atoms with Crippen LogP contribution in [0, 0.1) is 0 Å². The van der Waals surface area contributed by atoms with Crippen molar-refractivity contribution in [3.8, 4) is 0 Å². The van der Waals surface area contributed by atoms with Crippen LogP contribution in [0.3, 0.4) is 0 Å². The van der Waals surface area contributed by atoms with Gasteiger partial charge in [-0.25, -0.2) is 0 Å². The number of aliphatic hydroxyl groups excluding tert-OH is 1. The van der Waals surface area contributed by atoms with Crippen molar-refractivity contribution in [1.29, 1.82) is 0 Å². The van der Waals surface area contributed by atoms with Crippen LogP contribution in [0.15, 0.2) is 0 Å². The maximum Gasteiger partial charge on any atom is 0.0950 e. The SMILES string of the molecule is COC(C)(C)C(O)CN1CCN(C(C)(C)C)CC1. The molecule has 0 amide bonds. The van der Waals surface area contributed by atoms with Crippen molar-refractivity contribution in [2.24, 2.45) is 0 Å². The Balaban J connectivity index is 2.41. The molecular formula is C14H30N2O2. The van der Waals surface area contributed by atoms with Crippen LogP contribution in [0.1, 0.15) is 34.6 Å². The average molecular weight is 258 g/mol. The van der Waals surface area contributed by atoms with Crippen LogP contribution in [0.2, 0.25) is 0 Å². The summed E-state index contributed by atoms with van der Waals surface area (Å²) in [7, 11) is 1.65. The fourth-order valence-electron chi connectivity index (χ4n) is 2.20. The molecule has 1 aliphatic heterocycles. The second-order valence-corrected chi connectivity index (χ2v) is 6.78. The number of ether oxygens (including phenoxy) is 1. The molecule has 108 valence electrons. The number of hydrogen-bond acceptors (Lipinski definition) is 4. The molecule has 1 aliphatic rings. The Morgan fingerprint density at radius 3 is 1.94 bits per heavy atom. The maximum atomic E-state index is 10.2. The molecule has 0 radical (unpaired) electrons. The van der Waals surface area contributed by atoms with E-state index < -0.39 is 11.7 Å². The predicted molar refractivity (Wildman–Crippen MR) is 74.9 cm³/mol. The molecule has 0 bridgehead atoms. The molecule has 0 spiro atoms. The van der Waals surface area contributed by atoms with Gasteiger partial charge in [-0.3, -0.25) is 9.80 Å². The van der Waals surface area contributed by atoms with Crippen LogP contribution < -0.4 is 0 Å². The molecule has 0 aliphatic carbocycles. The summed E-state index contributed by atoms with van der Waals surface area (Å²) >= 11 is 0. The quantitative estimate of drug-likeness (QED) is 0.822. The molecule has 4 heteroatoms. The molecule has 1 heterocycles. The third kappa shape index (κ3) is 4.19. The van der Waals surface area contributed by atoms with Crippen LogP contribution in [-0.4, -0.2) is 72.0 Å². The van der Waals surface area contributed by atoms with Gasteiger partial charge in [-0.05, 0) is 34.6 Å². The Morgan fingerprint density at radius 2 is 1.56 bits per heavy atom. The van der Waals surface area contributed by atoms with E-state index in [1.807, 2.05) is 13.8 Å². The lowest BCUT2D eigenvalue weighted by Crippen LogP contribution is -2.56. The Kier molecular flexibility index (Phi) is 5.18. The van der Waals surface area contributed by atoms with Crippen molar-refractivity contribution in [2.45, 2.75) is 51.9 Å². The molecule has 0 aromatic rings. The number of methoxy groups -OCH3 is 1. The van der Waals surface area contributed by atoms with Crippen LogP contribution in [0.4, 0.5) is 0 Å². The lowest BCUT2D eigenvalue weighted by atomic mass is 10.0. The molecule has 0 saturated carbocycles. The number of piperazine rings is 1. The molecule has 18 heavy (non-hydrogen) atoms. The van der Waals surface area contributed by atoms with E-state index in [0.717, 1.165) is 26.2 Å². The second kappa shape index (κ2) is 5.87. The number of rotatable bonds is 4. The monoisotopic (exact) mass is 258 g/mol. The van der Waals surface area contributed by atoms with Gasteiger partial charge in [0.1, 0.15) is 0 Å². The number of β-amino-alcohol motifs (C(OH)–C–C–N with tert-alkyl or cyclic N) is 1. The zero-order valence-electron chi connectivity index (χ0n) is 12.9. The zero-order valence-corrected chi connectivity index (χ0v) is 12.9. The van der Waals surface area contributed by atoms with Gasteiger partial charge >= 0.3 is 0 Å². The minimum absolute atomic E-state index is 0.247. The van der Waals surface area contributed by atoms with E-state index in [1.165, 1.54) is 0 Å². The lowest BCUT2D eigenvalue weighted by Gasteiger charge is -2.43. The normalized spacial score (nSPS) is 22.2. The van der Waals surface area contributed by atoms with Crippen molar-refractivity contribution >= 4 is 0 Å². The van der Waals surface area contributed by atoms with E-state index >= 15 is 0 Å². The summed E-state index contributed by atoms with van der Waals surface area (Å²) in [4.78, 5) is 4.82. The summed E-state index contributed by atoms with van der Waals surface area (Å²) in [5, 5.41) is 10.2. The van der Waals surface area contributed by atoms with Gasteiger partial charge in [-0.15, -0.1) is 0 Å². The fourth-order valence-corrected chi connectivity index (χ4v) is 2.20. The average Bonchev–Trinajstić information content (AvgIpc) is 2.28. The molecule has 1 saturated heterocycles. The highest BCUT2D eigenvalue weighted by Gasteiger charge is 2.31. The highest BCUT2D eigenvalue weighted by molar-refractivity contribution is 4.86. The van der Waals surface area contributed by atoms with Gasteiger partial charge in [-0.1, -0.05) is 0 Å². The van der Waals surface area contributed by atoms with E-state index in [0.29, 0.717) is 6.54 Å². The summed E-state index contributed by atoms with van der Waals surface area (Å²) in [6.45, 7) is 15.5. The van der Waals surface area contributed by atoms with E-state index in [4.69, 9.17) is 4.74 Å². The Hall–Kier alpha value is -0.160. The third-order valence-electron chi connectivity index (χ3n) is 4.08.